The first kappa shape index (κ1) is 40.6. The molecule has 1 saturated heterocycles. The summed E-state index contributed by atoms with van der Waals surface area (Å²) in [4.78, 5) is 17.8. The van der Waals surface area contributed by atoms with Crippen LogP contribution in [-0.4, -0.2) is 98.1 Å². The first-order valence-electron chi connectivity index (χ1n) is 15.5. The smallest absolute Gasteiger partial charge is 0.261 e. The fourth-order valence-electron chi connectivity index (χ4n) is 5.21. The molecule has 2 heterocycles. The van der Waals surface area contributed by atoms with Gasteiger partial charge >= 0.3 is 0 Å². The number of unbranched alkanes of at least 4 members (excludes halogenated alkanes) is 1. The Hall–Kier alpha value is -3.84. The average Bonchev–Trinajstić information content (AvgIpc) is 3.05. The third-order valence-corrected chi connectivity index (χ3v) is 8.91. The number of rotatable bonds is 10. The molecule has 0 aliphatic carbocycles. The first-order chi connectivity index (χ1) is 23.4. The molecule has 0 bridgehead atoms. The van der Waals surface area contributed by atoms with Crippen molar-refractivity contribution in [3.05, 3.63) is 88.6 Å². The van der Waals surface area contributed by atoms with Crippen LogP contribution in [0.1, 0.15) is 18.4 Å². The molecule has 17 heteroatoms. The highest BCUT2D eigenvalue weighted by atomic mass is 32.2. The Labute approximate surface area is 293 Å². The van der Waals surface area contributed by atoms with Crippen molar-refractivity contribution < 1.29 is 43.5 Å². The van der Waals surface area contributed by atoms with Gasteiger partial charge in [-0.2, -0.15) is 16.8 Å². The summed E-state index contributed by atoms with van der Waals surface area (Å²) in [5.74, 6) is 1.27. The number of benzene rings is 3. The van der Waals surface area contributed by atoms with Gasteiger partial charge < -0.3 is 14.1 Å². The number of methoxy groups -OCH3 is 1. The van der Waals surface area contributed by atoms with Crippen LogP contribution in [0.25, 0.3) is 22.3 Å². The molecule has 1 fully saturated rings. The maximum atomic E-state index is 13.3. The summed E-state index contributed by atoms with van der Waals surface area (Å²) in [6.07, 6.45) is 3.01. The van der Waals surface area contributed by atoms with Crippen LogP contribution in [0.5, 0.6) is 5.75 Å². The van der Waals surface area contributed by atoms with Gasteiger partial charge in [-0.15, -0.1) is 0 Å². The second-order valence-corrected chi connectivity index (χ2v) is 16.1. The van der Waals surface area contributed by atoms with Gasteiger partial charge in [0.25, 0.3) is 20.2 Å². The number of sulfonamides is 1. The fraction of sp³-hybridized carbons (Fsp3) is 0.364. The second kappa shape index (κ2) is 17.9. The van der Waals surface area contributed by atoms with E-state index in [1.54, 1.807) is 26.2 Å². The zero-order valence-electron chi connectivity index (χ0n) is 28.3. The summed E-state index contributed by atoms with van der Waals surface area (Å²) >= 11 is 0. The van der Waals surface area contributed by atoms with E-state index in [-0.39, 0.29) is 21.3 Å². The summed E-state index contributed by atoms with van der Waals surface area (Å²) in [5.41, 5.74) is 2.14. The number of piperazine rings is 1. The molecule has 3 N–H and O–H groups in total. The molecule has 0 spiro atoms. The molecule has 0 unspecified atom stereocenters. The number of para-hydroxylation sites is 3. The number of hydrogen-bond acceptors (Lipinski definition) is 11. The highest BCUT2D eigenvalue weighted by Gasteiger charge is 2.23. The lowest BCUT2D eigenvalue weighted by Crippen LogP contribution is -2.46. The van der Waals surface area contributed by atoms with Gasteiger partial charge in [0.2, 0.25) is 10.0 Å². The zero-order valence-corrected chi connectivity index (χ0v) is 30.7. The molecule has 0 radical (unpaired) electrons. The highest BCUT2D eigenvalue weighted by molar-refractivity contribution is 7.89. The Morgan fingerprint density at radius 1 is 0.800 bits per heavy atom. The third-order valence-electron chi connectivity index (χ3n) is 7.43. The minimum atomic E-state index is -3.88. The molecule has 1 aliphatic rings. The number of fused-ring (bicyclic) bond motifs is 1. The van der Waals surface area contributed by atoms with Crippen LogP contribution in [0.15, 0.2) is 86.9 Å². The minimum Gasteiger partial charge on any atom is -0.495 e. The molecule has 274 valence electrons. The van der Waals surface area contributed by atoms with Crippen LogP contribution in [-0.2, 0) is 30.3 Å². The summed E-state index contributed by atoms with van der Waals surface area (Å²) < 4.78 is 92.6. The van der Waals surface area contributed by atoms with Crippen molar-refractivity contribution in [2.75, 3.05) is 63.8 Å². The summed E-state index contributed by atoms with van der Waals surface area (Å²) in [6.45, 7) is 6.65. The third kappa shape index (κ3) is 12.8. The predicted molar refractivity (Wildman–Crippen MR) is 194 cm³/mol. The lowest BCUT2D eigenvalue weighted by molar-refractivity contribution is 0.252. The maximum Gasteiger partial charge on any atom is 0.261 e. The Morgan fingerprint density at radius 2 is 1.38 bits per heavy atom. The van der Waals surface area contributed by atoms with Crippen LogP contribution in [0.4, 0.5) is 5.69 Å². The molecule has 1 aromatic heterocycles. The molecular weight excluding hydrogens is 711 g/mol. The van der Waals surface area contributed by atoms with E-state index in [9.17, 15) is 30.0 Å². The number of nitrogens with zero attached hydrogens (tertiary/aromatic N) is 2. The van der Waals surface area contributed by atoms with Gasteiger partial charge in [0, 0.05) is 43.9 Å². The van der Waals surface area contributed by atoms with E-state index in [1.807, 2.05) is 48.5 Å². The normalized spacial score (nSPS) is 13.9. The topological polar surface area (TPSA) is 201 Å². The highest BCUT2D eigenvalue weighted by Crippen LogP contribution is 2.30. The summed E-state index contributed by atoms with van der Waals surface area (Å²) in [7, 11) is -9.52. The van der Waals surface area contributed by atoms with Crippen molar-refractivity contribution in [1.82, 2.24) is 9.62 Å². The zero-order chi connectivity index (χ0) is 37.1. The Morgan fingerprint density at radius 3 is 1.98 bits per heavy atom. The van der Waals surface area contributed by atoms with Crippen molar-refractivity contribution in [1.29, 1.82) is 0 Å². The molecule has 0 atom stereocenters. The minimum absolute atomic E-state index is 0.0215. The van der Waals surface area contributed by atoms with Crippen LogP contribution >= 0.6 is 0 Å². The van der Waals surface area contributed by atoms with Crippen LogP contribution in [0.3, 0.4) is 0 Å². The van der Waals surface area contributed by atoms with Crippen LogP contribution in [0, 0.1) is 6.92 Å². The Kier molecular flexibility index (Phi) is 14.5. The van der Waals surface area contributed by atoms with E-state index in [2.05, 4.69) is 20.6 Å². The van der Waals surface area contributed by atoms with E-state index in [4.69, 9.17) is 18.3 Å². The lowest BCUT2D eigenvalue weighted by Gasteiger charge is -2.36. The van der Waals surface area contributed by atoms with Crippen molar-refractivity contribution >= 4 is 46.9 Å². The molecule has 4 aromatic rings. The molecule has 0 saturated carbocycles. The van der Waals surface area contributed by atoms with E-state index < -0.39 is 30.3 Å². The van der Waals surface area contributed by atoms with Gasteiger partial charge in [0.15, 0.2) is 11.0 Å². The van der Waals surface area contributed by atoms with Crippen molar-refractivity contribution in [2.45, 2.75) is 24.7 Å². The van der Waals surface area contributed by atoms with Gasteiger partial charge in [-0.25, -0.2) is 13.1 Å². The molecule has 50 heavy (non-hydrogen) atoms. The fourth-order valence-corrected chi connectivity index (χ4v) is 6.43. The lowest BCUT2D eigenvalue weighted by atomic mass is 10.1. The predicted octanol–water partition coefficient (Wildman–Crippen LogP) is 3.67. The standard InChI is InChI=1S/C31H35N3O5S.2CH4O3S/c1-23-29(35)25-13-10-16-28(31(25)39-30(23)24-11-4-3-5-12-24)40(36,37)32-17-8-9-18-33-19-21-34(22-20-33)26-14-6-7-15-27(26)38-2;2*1-5(2,3)4/h3-7,10-16,32H,8-9,17-22H2,1-2H3;2*1H3,(H,2,3,4). The Balaban J connectivity index is 0.000000595. The van der Waals surface area contributed by atoms with E-state index in [0.717, 1.165) is 56.1 Å². The molecule has 1 aliphatic heterocycles. The van der Waals surface area contributed by atoms with Crippen molar-refractivity contribution in [2.24, 2.45) is 0 Å². The van der Waals surface area contributed by atoms with Crippen LogP contribution in [0.2, 0.25) is 0 Å². The average molecular weight is 754 g/mol. The monoisotopic (exact) mass is 753 g/mol. The molecular formula is C33H43N3O11S3. The quantitative estimate of drug-likeness (QED) is 0.157. The number of anilines is 1. The molecule has 14 nitrogen and oxygen atoms in total. The number of ether oxygens (including phenoxy) is 1. The van der Waals surface area contributed by atoms with Crippen molar-refractivity contribution in [3.8, 4) is 17.1 Å². The first-order valence-corrected chi connectivity index (χ1v) is 20.6. The van der Waals surface area contributed by atoms with E-state index in [0.29, 0.717) is 36.8 Å². The molecule has 0 amide bonds. The van der Waals surface area contributed by atoms with Gasteiger partial charge in [0.1, 0.15) is 16.4 Å². The summed E-state index contributed by atoms with van der Waals surface area (Å²) in [5, 5.41) is 0.257. The van der Waals surface area contributed by atoms with Crippen LogP contribution < -0.4 is 19.8 Å². The molecule has 3 aromatic carbocycles. The number of nitrogens with one attached hydrogen (secondary N) is 1. The molecule has 5 rings (SSSR count). The van der Waals surface area contributed by atoms with Gasteiger partial charge in [-0.3, -0.25) is 18.8 Å². The van der Waals surface area contributed by atoms with E-state index in [1.165, 1.54) is 6.07 Å². The van der Waals surface area contributed by atoms with E-state index >= 15 is 0 Å². The summed E-state index contributed by atoms with van der Waals surface area (Å²) in [6, 6.07) is 22.0. The number of hydrogen-bond donors (Lipinski definition) is 3. The maximum absolute atomic E-state index is 13.3. The van der Waals surface area contributed by atoms with Gasteiger partial charge in [-0.1, -0.05) is 48.5 Å². The Bertz CT molecular complexity index is 2070. The SMILES string of the molecule is COc1ccccc1N1CCN(CCCCNS(=O)(=O)c2cccc3c(=O)c(C)c(-c4ccccc4)oc23)CC1.CS(=O)(=O)O.CS(=O)(=O)O. The largest absolute Gasteiger partial charge is 0.495 e. The van der Waals surface area contributed by atoms with Gasteiger partial charge in [-0.05, 0) is 50.6 Å². The van der Waals surface area contributed by atoms with Crippen molar-refractivity contribution in [3.63, 3.8) is 0 Å². The second-order valence-electron chi connectivity index (χ2n) is 11.5. The van der Waals surface area contributed by atoms with Gasteiger partial charge in [0.05, 0.1) is 30.7 Å².